The fourth-order valence-corrected chi connectivity index (χ4v) is 4.23. The zero-order valence-corrected chi connectivity index (χ0v) is 19.7. The maximum atomic E-state index is 13.0. The van der Waals surface area contributed by atoms with Gasteiger partial charge in [0.1, 0.15) is 5.01 Å². The number of carbonyl (C=O) groups excluding carboxylic acids is 2. The molecular formula is C22H21BrN4O4S. The first-order valence-electron chi connectivity index (χ1n) is 10.1. The highest BCUT2D eigenvalue weighted by atomic mass is 79.9. The molecule has 0 saturated heterocycles. The Labute approximate surface area is 197 Å². The monoisotopic (exact) mass is 516 g/mol. The van der Waals surface area contributed by atoms with Crippen LogP contribution in [0.15, 0.2) is 46.9 Å². The third-order valence-electron chi connectivity index (χ3n) is 4.77. The van der Waals surface area contributed by atoms with E-state index in [9.17, 15) is 9.59 Å². The molecule has 0 fully saturated rings. The fourth-order valence-electron chi connectivity index (χ4n) is 3.20. The van der Waals surface area contributed by atoms with Crippen LogP contribution in [0.2, 0.25) is 0 Å². The van der Waals surface area contributed by atoms with Gasteiger partial charge in [-0.15, -0.1) is 10.2 Å². The Kier molecular flexibility index (Phi) is 7.01. The predicted molar refractivity (Wildman–Crippen MR) is 125 cm³/mol. The highest BCUT2D eigenvalue weighted by molar-refractivity contribution is 9.10. The SMILES string of the molecule is CCCN(CCC(=O)Nc1nnc(-c2ccc(Br)cc2)s1)C(=O)c1ccc2c(c1)OCO2. The van der Waals surface area contributed by atoms with Crippen molar-refractivity contribution in [3.05, 3.63) is 52.5 Å². The minimum Gasteiger partial charge on any atom is -0.454 e. The summed E-state index contributed by atoms with van der Waals surface area (Å²) in [6.07, 6.45) is 0.939. The Balaban J connectivity index is 1.35. The Morgan fingerprint density at radius 1 is 1.09 bits per heavy atom. The van der Waals surface area contributed by atoms with Gasteiger partial charge in [0.05, 0.1) is 0 Å². The van der Waals surface area contributed by atoms with Gasteiger partial charge >= 0.3 is 0 Å². The first-order chi connectivity index (χ1) is 15.5. The van der Waals surface area contributed by atoms with Gasteiger partial charge in [0.2, 0.25) is 17.8 Å². The van der Waals surface area contributed by atoms with E-state index in [0.29, 0.717) is 35.3 Å². The molecule has 10 heteroatoms. The normalized spacial score (nSPS) is 11.9. The quantitative estimate of drug-likeness (QED) is 0.471. The van der Waals surface area contributed by atoms with Crippen molar-refractivity contribution in [1.82, 2.24) is 15.1 Å². The number of aromatic nitrogens is 2. The molecule has 0 atom stereocenters. The van der Waals surface area contributed by atoms with Crippen LogP contribution in [0.4, 0.5) is 5.13 Å². The molecule has 2 heterocycles. The van der Waals surface area contributed by atoms with Crippen LogP contribution in [0.5, 0.6) is 11.5 Å². The second kappa shape index (κ2) is 10.1. The second-order valence-corrected chi connectivity index (χ2v) is 8.97. The predicted octanol–water partition coefficient (Wildman–Crippen LogP) is 4.58. The van der Waals surface area contributed by atoms with E-state index in [4.69, 9.17) is 9.47 Å². The largest absolute Gasteiger partial charge is 0.454 e. The maximum absolute atomic E-state index is 13.0. The molecule has 0 spiro atoms. The van der Waals surface area contributed by atoms with Gasteiger partial charge in [0, 0.05) is 35.1 Å². The van der Waals surface area contributed by atoms with Crippen LogP contribution in [0.3, 0.4) is 0 Å². The minimum atomic E-state index is -0.219. The molecule has 2 amide bonds. The molecule has 3 aromatic rings. The smallest absolute Gasteiger partial charge is 0.254 e. The number of anilines is 1. The lowest BCUT2D eigenvalue weighted by atomic mass is 10.1. The molecule has 0 bridgehead atoms. The fraction of sp³-hybridized carbons (Fsp3) is 0.273. The van der Waals surface area contributed by atoms with E-state index in [2.05, 4.69) is 31.4 Å². The maximum Gasteiger partial charge on any atom is 0.254 e. The molecule has 1 aliphatic heterocycles. The molecule has 1 N–H and O–H groups in total. The minimum absolute atomic E-state index is 0.147. The summed E-state index contributed by atoms with van der Waals surface area (Å²) in [6, 6.07) is 12.8. The highest BCUT2D eigenvalue weighted by Gasteiger charge is 2.21. The van der Waals surface area contributed by atoms with Gasteiger partial charge in [-0.25, -0.2) is 0 Å². The van der Waals surface area contributed by atoms with Gasteiger partial charge in [-0.1, -0.05) is 46.3 Å². The molecular weight excluding hydrogens is 496 g/mol. The number of rotatable bonds is 8. The average molecular weight is 517 g/mol. The third-order valence-corrected chi connectivity index (χ3v) is 6.19. The first-order valence-corrected chi connectivity index (χ1v) is 11.7. The number of amides is 2. The van der Waals surface area contributed by atoms with E-state index in [1.165, 1.54) is 11.3 Å². The summed E-state index contributed by atoms with van der Waals surface area (Å²) in [7, 11) is 0. The van der Waals surface area contributed by atoms with E-state index in [-0.39, 0.29) is 25.0 Å². The lowest BCUT2D eigenvalue weighted by Crippen LogP contribution is -2.34. The molecule has 0 unspecified atom stereocenters. The number of halogens is 1. The number of fused-ring (bicyclic) bond motifs is 1. The van der Waals surface area contributed by atoms with Crippen LogP contribution in [-0.2, 0) is 4.79 Å². The van der Waals surface area contributed by atoms with Crippen LogP contribution >= 0.6 is 27.3 Å². The van der Waals surface area contributed by atoms with Crippen LogP contribution in [-0.4, -0.2) is 46.8 Å². The Hall–Kier alpha value is -2.98. The van der Waals surface area contributed by atoms with Crippen molar-refractivity contribution in [2.24, 2.45) is 0 Å². The molecule has 0 aliphatic carbocycles. The second-order valence-electron chi connectivity index (χ2n) is 7.08. The van der Waals surface area contributed by atoms with Crippen molar-refractivity contribution in [2.45, 2.75) is 19.8 Å². The van der Waals surface area contributed by atoms with Crippen molar-refractivity contribution < 1.29 is 19.1 Å². The summed E-state index contributed by atoms with van der Waals surface area (Å²) in [4.78, 5) is 27.1. The van der Waals surface area contributed by atoms with Gasteiger partial charge in [-0.05, 0) is 36.8 Å². The number of ether oxygens (including phenoxy) is 2. The van der Waals surface area contributed by atoms with E-state index in [0.717, 1.165) is 21.5 Å². The first kappa shape index (κ1) is 22.2. The van der Waals surface area contributed by atoms with Gasteiger partial charge < -0.3 is 19.7 Å². The Morgan fingerprint density at radius 3 is 2.66 bits per heavy atom. The topological polar surface area (TPSA) is 93.7 Å². The van der Waals surface area contributed by atoms with Crippen molar-refractivity contribution >= 4 is 44.2 Å². The molecule has 4 rings (SSSR count). The summed E-state index contributed by atoms with van der Waals surface area (Å²) in [5.74, 6) is 0.819. The van der Waals surface area contributed by atoms with Crippen molar-refractivity contribution in [3.63, 3.8) is 0 Å². The van der Waals surface area contributed by atoms with Gasteiger partial charge in [-0.2, -0.15) is 0 Å². The average Bonchev–Trinajstić information content (AvgIpc) is 3.45. The van der Waals surface area contributed by atoms with Gasteiger partial charge in [0.15, 0.2) is 11.5 Å². The van der Waals surface area contributed by atoms with Gasteiger partial charge in [-0.3, -0.25) is 9.59 Å². The molecule has 166 valence electrons. The summed E-state index contributed by atoms with van der Waals surface area (Å²) in [5.41, 5.74) is 1.43. The molecule has 1 aliphatic rings. The molecule has 0 radical (unpaired) electrons. The molecule has 8 nitrogen and oxygen atoms in total. The van der Waals surface area contributed by atoms with E-state index < -0.39 is 0 Å². The van der Waals surface area contributed by atoms with E-state index in [1.807, 2.05) is 31.2 Å². The number of benzene rings is 2. The zero-order chi connectivity index (χ0) is 22.5. The summed E-state index contributed by atoms with van der Waals surface area (Å²) in [6.45, 7) is 2.99. The summed E-state index contributed by atoms with van der Waals surface area (Å²) in [5, 5.41) is 12.1. The van der Waals surface area contributed by atoms with E-state index >= 15 is 0 Å². The van der Waals surface area contributed by atoms with Crippen molar-refractivity contribution in [1.29, 1.82) is 0 Å². The number of nitrogens with one attached hydrogen (secondary N) is 1. The van der Waals surface area contributed by atoms with Crippen LogP contribution in [0.1, 0.15) is 30.1 Å². The van der Waals surface area contributed by atoms with Gasteiger partial charge in [0.25, 0.3) is 5.91 Å². The Bertz CT molecular complexity index is 1120. The van der Waals surface area contributed by atoms with Crippen LogP contribution in [0, 0.1) is 0 Å². The van der Waals surface area contributed by atoms with Crippen LogP contribution < -0.4 is 14.8 Å². The summed E-state index contributed by atoms with van der Waals surface area (Å²) >= 11 is 4.71. The van der Waals surface area contributed by atoms with Crippen LogP contribution in [0.25, 0.3) is 10.6 Å². The molecule has 0 saturated carbocycles. The lowest BCUT2D eigenvalue weighted by molar-refractivity contribution is -0.116. The summed E-state index contributed by atoms with van der Waals surface area (Å²) < 4.78 is 11.6. The standard InChI is InChI=1S/C22H21BrN4O4S/c1-2-10-27(21(29)15-5-8-17-18(12-15)31-13-30-17)11-9-19(28)24-22-26-25-20(32-22)14-3-6-16(23)7-4-14/h3-8,12H,2,9-11,13H2,1H3,(H,24,26,28). The third kappa shape index (κ3) is 5.25. The molecule has 1 aromatic heterocycles. The number of hydrogen-bond acceptors (Lipinski definition) is 7. The lowest BCUT2D eigenvalue weighted by Gasteiger charge is -2.22. The van der Waals surface area contributed by atoms with E-state index in [1.54, 1.807) is 23.1 Å². The number of nitrogens with zero attached hydrogens (tertiary/aromatic N) is 3. The zero-order valence-electron chi connectivity index (χ0n) is 17.3. The van der Waals surface area contributed by atoms with Crippen molar-refractivity contribution in [3.8, 4) is 22.1 Å². The highest BCUT2D eigenvalue weighted by Crippen LogP contribution is 2.33. The Morgan fingerprint density at radius 2 is 1.88 bits per heavy atom. The molecule has 32 heavy (non-hydrogen) atoms. The van der Waals surface area contributed by atoms with Crippen molar-refractivity contribution in [2.75, 3.05) is 25.2 Å². The number of hydrogen-bond donors (Lipinski definition) is 1. The number of carbonyl (C=O) groups is 2. The molecule has 2 aromatic carbocycles.